The average molecular weight is 1040 g/mol. The summed E-state index contributed by atoms with van der Waals surface area (Å²) in [6.45, 7) is 19.0. The van der Waals surface area contributed by atoms with Crippen LogP contribution in [0.1, 0.15) is 103 Å². The first-order valence-corrected chi connectivity index (χ1v) is 29.4. The Morgan fingerprint density at radius 3 is 1.39 bits per heavy atom. The minimum Gasteiger partial charge on any atom is -0.311 e. The maximum Gasteiger partial charge on any atom is 0.252 e. The van der Waals surface area contributed by atoms with Gasteiger partial charge >= 0.3 is 0 Å². The van der Waals surface area contributed by atoms with Gasteiger partial charge in [0.15, 0.2) is 0 Å². The second kappa shape index (κ2) is 20.4. The van der Waals surface area contributed by atoms with E-state index in [2.05, 4.69) is 288 Å². The number of benzene rings is 10. The molecule has 4 heteroatoms. The van der Waals surface area contributed by atoms with Crippen LogP contribution in [-0.4, -0.2) is 11.3 Å². The molecular weight excluding hydrogens is 966 g/mol. The number of fused-ring (bicyclic) bond motifs is 7. The van der Waals surface area contributed by atoms with Gasteiger partial charge in [-0.05, 0) is 140 Å². The van der Waals surface area contributed by atoms with Crippen LogP contribution in [0.3, 0.4) is 0 Å². The summed E-state index contributed by atoms with van der Waals surface area (Å²) in [5.74, 6) is 0. The standard InChI is InChI=1S/C76H72BN3/c1-9-11-27-55-45-57(75(3,4)5)46-56(28-12-10-2)73(55)80-69-50-59(78-66-39-24-22-35-62(66)63-36-23-25-40-67(63)78)42-43-64(69)77-65-47-54(51-29-16-13-17-30-51)41-44-68(65)79(70-48-58(76(6,7)8)49-71(80)72(70)77)74-60(52-31-18-14-19-32-52)37-26-38-61(74)53-33-20-15-21-34-53/h13-26,29-50H,9-12,27-28H2,1-8H3. The molecular formula is C76H72BN3. The van der Waals surface area contributed by atoms with Crippen molar-refractivity contribution in [3.05, 3.63) is 241 Å². The smallest absolute Gasteiger partial charge is 0.252 e. The fraction of sp³-hybridized carbons (Fsp3) is 0.211. The van der Waals surface area contributed by atoms with Gasteiger partial charge in [0.2, 0.25) is 0 Å². The Balaban J connectivity index is 1.21. The number of nitrogens with zero attached hydrogens (tertiary/aromatic N) is 3. The first-order chi connectivity index (χ1) is 38.9. The topological polar surface area (TPSA) is 11.4 Å². The highest BCUT2D eigenvalue weighted by atomic mass is 15.2. The molecule has 0 amide bonds. The number of anilines is 6. The lowest BCUT2D eigenvalue weighted by atomic mass is 9.33. The minimum absolute atomic E-state index is 0.0241. The van der Waals surface area contributed by atoms with Crippen molar-refractivity contribution in [3.8, 4) is 39.1 Å². The molecule has 0 spiro atoms. The van der Waals surface area contributed by atoms with Gasteiger partial charge < -0.3 is 14.4 Å². The van der Waals surface area contributed by atoms with Gasteiger partial charge in [0.05, 0.1) is 22.4 Å². The van der Waals surface area contributed by atoms with Crippen molar-refractivity contribution in [1.29, 1.82) is 0 Å². The highest BCUT2D eigenvalue weighted by Gasteiger charge is 2.46. The molecule has 2 aliphatic heterocycles. The molecule has 0 saturated carbocycles. The molecule has 394 valence electrons. The van der Waals surface area contributed by atoms with Crippen LogP contribution >= 0.6 is 0 Å². The largest absolute Gasteiger partial charge is 0.311 e. The lowest BCUT2D eigenvalue weighted by Crippen LogP contribution is -2.61. The van der Waals surface area contributed by atoms with E-state index < -0.39 is 0 Å². The Bertz CT molecular complexity index is 3980. The molecule has 0 saturated heterocycles. The van der Waals surface area contributed by atoms with Gasteiger partial charge in [-0.15, -0.1) is 0 Å². The fourth-order valence-electron chi connectivity index (χ4n) is 13.1. The van der Waals surface area contributed by atoms with Crippen LogP contribution in [0.4, 0.5) is 34.1 Å². The van der Waals surface area contributed by atoms with Gasteiger partial charge in [0, 0.05) is 50.3 Å². The summed E-state index contributed by atoms with van der Waals surface area (Å²) in [7, 11) is 0. The van der Waals surface area contributed by atoms with Crippen LogP contribution in [0.25, 0.3) is 60.9 Å². The molecule has 2 aliphatic rings. The number of hydrogen-bond acceptors (Lipinski definition) is 2. The van der Waals surface area contributed by atoms with Crippen molar-refractivity contribution in [2.75, 3.05) is 9.80 Å². The van der Waals surface area contributed by atoms with E-state index in [4.69, 9.17) is 0 Å². The molecule has 0 bridgehead atoms. The summed E-state index contributed by atoms with van der Waals surface area (Å²) in [6.07, 6.45) is 6.46. The van der Waals surface area contributed by atoms with Crippen molar-refractivity contribution in [1.82, 2.24) is 4.57 Å². The molecule has 0 fully saturated rings. The highest BCUT2D eigenvalue weighted by Crippen LogP contribution is 2.53. The number of hydrogen-bond donors (Lipinski definition) is 0. The maximum atomic E-state index is 2.80. The second-order valence-electron chi connectivity index (χ2n) is 24.6. The number of unbranched alkanes of at least 4 members (excludes halogenated alkanes) is 2. The monoisotopic (exact) mass is 1040 g/mol. The van der Waals surface area contributed by atoms with Crippen LogP contribution in [-0.2, 0) is 23.7 Å². The summed E-state index contributed by atoms with van der Waals surface area (Å²) in [6, 6.07) is 83.2. The number of aryl methyl sites for hydroxylation is 2. The van der Waals surface area contributed by atoms with Crippen LogP contribution in [0, 0.1) is 0 Å². The van der Waals surface area contributed by atoms with E-state index in [9.17, 15) is 0 Å². The van der Waals surface area contributed by atoms with Gasteiger partial charge in [0.25, 0.3) is 6.71 Å². The van der Waals surface area contributed by atoms with E-state index in [0.717, 1.165) is 38.5 Å². The number of rotatable bonds is 12. The van der Waals surface area contributed by atoms with Gasteiger partial charge in [-0.25, -0.2) is 0 Å². The first kappa shape index (κ1) is 51.1. The summed E-state index contributed by atoms with van der Waals surface area (Å²) >= 11 is 0. The minimum atomic E-state index is -0.200. The summed E-state index contributed by atoms with van der Waals surface area (Å²) in [5, 5.41) is 2.54. The second-order valence-corrected chi connectivity index (χ2v) is 24.6. The molecule has 0 unspecified atom stereocenters. The SMILES string of the molecule is CCCCc1cc(C(C)(C)C)cc(CCCC)c1N1c2cc(-n3c4ccccc4c4ccccc43)ccc2B2c3cc(-c4ccccc4)ccc3N(c3c(-c4ccccc4)cccc3-c3ccccc3)c3cc(C(C)(C)C)cc1c32. The molecule has 11 aromatic rings. The van der Waals surface area contributed by atoms with E-state index in [1.165, 1.54) is 134 Å². The van der Waals surface area contributed by atoms with Crippen molar-refractivity contribution < 1.29 is 0 Å². The van der Waals surface area contributed by atoms with Crippen LogP contribution in [0.2, 0.25) is 0 Å². The molecule has 3 nitrogen and oxygen atoms in total. The fourth-order valence-corrected chi connectivity index (χ4v) is 13.1. The van der Waals surface area contributed by atoms with E-state index >= 15 is 0 Å². The van der Waals surface area contributed by atoms with Crippen molar-refractivity contribution in [3.63, 3.8) is 0 Å². The van der Waals surface area contributed by atoms with E-state index in [0.29, 0.717) is 0 Å². The molecule has 80 heavy (non-hydrogen) atoms. The molecule has 0 radical (unpaired) electrons. The number of para-hydroxylation sites is 3. The Morgan fingerprint density at radius 2 is 0.863 bits per heavy atom. The van der Waals surface area contributed by atoms with Gasteiger partial charge in [-0.1, -0.05) is 244 Å². The van der Waals surface area contributed by atoms with E-state index in [1.807, 2.05) is 0 Å². The van der Waals surface area contributed by atoms with Gasteiger partial charge in [-0.3, -0.25) is 0 Å². The summed E-state index contributed by atoms with van der Waals surface area (Å²) in [5.41, 5.74) is 27.6. The maximum absolute atomic E-state index is 2.80. The molecule has 10 aromatic carbocycles. The van der Waals surface area contributed by atoms with Gasteiger partial charge in [-0.2, -0.15) is 0 Å². The van der Waals surface area contributed by atoms with Crippen LogP contribution in [0.15, 0.2) is 218 Å². The third-order valence-corrected chi connectivity index (χ3v) is 17.2. The van der Waals surface area contributed by atoms with Crippen LogP contribution in [0.5, 0.6) is 0 Å². The zero-order valence-electron chi connectivity index (χ0n) is 47.9. The normalized spacial score (nSPS) is 13.0. The van der Waals surface area contributed by atoms with Crippen molar-refractivity contribution in [2.45, 2.75) is 105 Å². The zero-order valence-corrected chi connectivity index (χ0v) is 47.9. The Labute approximate surface area is 475 Å². The molecule has 3 heterocycles. The third-order valence-electron chi connectivity index (χ3n) is 17.2. The molecule has 0 aliphatic carbocycles. The van der Waals surface area contributed by atoms with Crippen molar-refractivity contribution in [2.24, 2.45) is 0 Å². The lowest BCUT2D eigenvalue weighted by Gasteiger charge is -2.46. The third kappa shape index (κ3) is 8.76. The average Bonchev–Trinajstić information content (AvgIpc) is 3.76. The van der Waals surface area contributed by atoms with Gasteiger partial charge in [0.1, 0.15) is 0 Å². The highest BCUT2D eigenvalue weighted by molar-refractivity contribution is 7.00. The molecule has 13 rings (SSSR count). The Morgan fingerprint density at radius 1 is 0.375 bits per heavy atom. The predicted molar refractivity (Wildman–Crippen MR) is 346 cm³/mol. The number of aromatic nitrogens is 1. The summed E-state index contributed by atoms with van der Waals surface area (Å²) < 4.78 is 2.52. The Hall–Kier alpha value is -8.34. The first-order valence-electron chi connectivity index (χ1n) is 29.4. The van der Waals surface area contributed by atoms with Crippen LogP contribution < -0.4 is 26.2 Å². The quantitative estimate of drug-likeness (QED) is 0.113. The molecule has 0 atom stereocenters. The van der Waals surface area contributed by atoms with Crippen molar-refractivity contribution >= 4 is 79.0 Å². The van der Waals surface area contributed by atoms with E-state index in [1.54, 1.807) is 0 Å². The molecule has 1 aromatic heterocycles. The zero-order chi connectivity index (χ0) is 54.9. The lowest BCUT2D eigenvalue weighted by molar-refractivity contribution is 0.587. The predicted octanol–water partition coefficient (Wildman–Crippen LogP) is 19.1. The molecule has 0 N–H and O–H groups in total. The summed E-state index contributed by atoms with van der Waals surface area (Å²) in [4.78, 5) is 5.48. The van der Waals surface area contributed by atoms with E-state index in [-0.39, 0.29) is 17.5 Å². The Kier molecular flexibility index (Phi) is 13.0.